The van der Waals surface area contributed by atoms with Gasteiger partial charge in [-0.05, 0) is 31.5 Å². The SMILES string of the molecule is CC(C)Nc1ccc(-c2ccccc2)cn1. The Kier molecular flexibility index (Phi) is 3.20. The quantitative estimate of drug-likeness (QED) is 0.841. The van der Waals surface area contributed by atoms with Gasteiger partial charge in [0.15, 0.2) is 0 Å². The first-order chi connectivity index (χ1) is 7.75. The van der Waals surface area contributed by atoms with E-state index >= 15 is 0 Å². The molecule has 0 spiro atoms. The van der Waals surface area contributed by atoms with Crippen molar-refractivity contribution in [3.8, 4) is 11.1 Å². The fraction of sp³-hybridized carbons (Fsp3) is 0.214. The molecule has 0 unspecified atom stereocenters. The summed E-state index contributed by atoms with van der Waals surface area (Å²) in [5.41, 5.74) is 2.35. The molecular weight excluding hydrogens is 196 g/mol. The summed E-state index contributed by atoms with van der Waals surface area (Å²) in [6, 6.07) is 14.8. The number of rotatable bonds is 3. The molecule has 0 aliphatic rings. The summed E-state index contributed by atoms with van der Waals surface area (Å²) in [6.45, 7) is 4.21. The van der Waals surface area contributed by atoms with Crippen LogP contribution in [0.15, 0.2) is 48.7 Å². The molecule has 2 rings (SSSR count). The third-order valence-electron chi connectivity index (χ3n) is 2.31. The molecule has 0 aliphatic carbocycles. The molecule has 82 valence electrons. The molecule has 1 N–H and O–H groups in total. The van der Waals surface area contributed by atoms with Gasteiger partial charge in [-0.2, -0.15) is 0 Å². The van der Waals surface area contributed by atoms with Crippen LogP contribution in [0.25, 0.3) is 11.1 Å². The first-order valence-corrected chi connectivity index (χ1v) is 5.54. The van der Waals surface area contributed by atoms with Crippen LogP contribution in [-0.2, 0) is 0 Å². The molecule has 0 saturated carbocycles. The second kappa shape index (κ2) is 4.79. The lowest BCUT2D eigenvalue weighted by atomic mass is 10.1. The van der Waals surface area contributed by atoms with Gasteiger partial charge in [-0.25, -0.2) is 4.98 Å². The van der Waals surface area contributed by atoms with E-state index in [1.807, 2.05) is 30.5 Å². The average molecular weight is 212 g/mol. The van der Waals surface area contributed by atoms with Gasteiger partial charge in [0.1, 0.15) is 5.82 Å². The minimum Gasteiger partial charge on any atom is -0.368 e. The molecule has 0 amide bonds. The van der Waals surface area contributed by atoms with Gasteiger partial charge in [0, 0.05) is 17.8 Å². The summed E-state index contributed by atoms with van der Waals surface area (Å²) in [4.78, 5) is 4.38. The topological polar surface area (TPSA) is 24.9 Å². The molecule has 0 fully saturated rings. The number of nitrogens with one attached hydrogen (secondary N) is 1. The Hall–Kier alpha value is -1.83. The van der Waals surface area contributed by atoms with E-state index in [1.54, 1.807) is 0 Å². The number of benzene rings is 1. The first-order valence-electron chi connectivity index (χ1n) is 5.54. The van der Waals surface area contributed by atoms with Gasteiger partial charge in [-0.15, -0.1) is 0 Å². The molecule has 2 nitrogen and oxygen atoms in total. The maximum Gasteiger partial charge on any atom is 0.126 e. The predicted molar refractivity (Wildman–Crippen MR) is 68.4 cm³/mol. The predicted octanol–water partition coefficient (Wildman–Crippen LogP) is 3.57. The van der Waals surface area contributed by atoms with Crippen molar-refractivity contribution < 1.29 is 0 Å². The number of aromatic nitrogens is 1. The van der Waals surface area contributed by atoms with E-state index in [1.165, 1.54) is 5.56 Å². The molecule has 0 saturated heterocycles. The van der Waals surface area contributed by atoms with E-state index in [9.17, 15) is 0 Å². The maximum atomic E-state index is 4.38. The number of hydrogen-bond donors (Lipinski definition) is 1. The molecule has 16 heavy (non-hydrogen) atoms. The molecule has 1 aromatic carbocycles. The van der Waals surface area contributed by atoms with Crippen molar-refractivity contribution in [1.82, 2.24) is 4.98 Å². The Morgan fingerprint density at radius 3 is 2.25 bits per heavy atom. The Morgan fingerprint density at radius 1 is 0.938 bits per heavy atom. The van der Waals surface area contributed by atoms with Crippen molar-refractivity contribution in [1.29, 1.82) is 0 Å². The molecule has 0 bridgehead atoms. The van der Waals surface area contributed by atoms with E-state index in [2.05, 4.69) is 42.3 Å². The van der Waals surface area contributed by atoms with Crippen LogP contribution in [0.5, 0.6) is 0 Å². The van der Waals surface area contributed by atoms with E-state index in [0.717, 1.165) is 11.4 Å². The van der Waals surface area contributed by atoms with Crippen LogP contribution in [-0.4, -0.2) is 11.0 Å². The van der Waals surface area contributed by atoms with Crippen molar-refractivity contribution >= 4 is 5.82 Å². The Balaban J connectivity index is 2.20. The first kappa shape index (κ1) is 10.7. The fourth-order valence-electron chi connectivity index (χ4n) is 1.58. The molecule has 0 atom stereocenters. The standard InChI is InChI=1S/C14H16N2/c1-11(2)16-14-9-8-13(10-15-14)12-6-4-3-5-7-12/h3-11H,1-2H3,(H,15,16). The lowest BCUT2D eigenvalue weighted by Gasteiger charge is -2.09. The van der Waals surface area contributed by atoms with Gasteiger partial charge in [-0.3, -0.25) is 0 Å². The van der Waals surface area contributed by atoms with E-state index in [4.69, 9.17) is 0 Å². The van der Waals surface area contributed by atoms with Crippen molar-refractivity contribution in [2.45, 2.75) is 19.9 Å². The van der Waals surface area contributed by atoms with Crippen molar-refractivity contribution in [2.24, 2.45) is 0 Å². The van der Waals surface area contributed by atoms with Gasteiger partial charge in [-0.1, -0.05) is 30.3 Å². The molecule has 1 heterocycles. The Labute approximate surface area is 96.4 Å². The fourth-order valence-corrected chi connectivity index (χ4v) is 1.58. The summed E-state index contributed by atoms with van der Waals surface area (Å²) in [7, 11) is 0. The lowest BCUT2D eigenvalue weighted by molar-refractivity contribution is 0.889. The van der Waals surface area contributed by atoms with E-state index < -0.39 is 0 Å². The average Bonchev–Trinajstić information content (AvgIpc) is 2.30. The third-order valence-corrected chi connectivity index (χ3v) is 2.31. The summed E-state index contributed by atoms with van der Waals surface area (Å²) in [5, 5.41) is 3.27. The number of pyridine rings is 1. The maximum absolute atomic E-state index is 4.38. The highest BCUT2D eigenvalue weighted by Crippen LogP contribution is 2.18. The van der Waals surface area contributed by atoms with Crippen molar-refractivity contribution in [3.05, 3.63) is 48.7 Å². The zero-order chi connectivity index (χ0) is 11.4. The largest absolute Gasteiger partial charge is 0.368 e. The molecule has 0 aliphatic heterocycles. The van der Waals surface area contributed by atoms with Crippen LogP contribution in [0, 0.1) is 0 Å². The van der Waals surface area contributed by atoms with E-state index in [0.29, 0.717) is 6.04 Å². The lowest BCUT2D eigenvalue weighted by Crippen LogP contribution is -2.10. The summed E-state index contributed by atoms with van der Waals surface area (Å²) < 4.78 is 0. The smallest absolute Gasteiger partial charge is 0.126 e. The van der Waals surface area contributed by atoms with Gasteiger partial charge >= 0.3 is 0 Å². The monoisotopic (exact) mass is 212 g/mol. The minimum atomic E-state index is 0.412. The normalized spacial score (nSPS) is 10.4. The van der Waals surface area contributed by atoms with Crippen LogP contribution in [0.3, 0.4) is 0 Å². The zero-order valence-corrected chi connectivity index (χ0v) is 9.64. The van der Waals surface area contributed by atoms with Crippen LogP contribution >= 0.6 is 0 Å². The Bertz CT molecular complexity index is 432. The summed E-state index contributed by atoms with van der Waals surface area (Å²) in [6.07, 6.45) is 1.90. The van der Waals surface area contributed by atoms with Crippen LogP contribution in [0.4, 0.5) is 5.82 Å². The van der Waals surface area contributed by atoms with Crippen molar-refractivity contribution in [3.63, 3.8) is 0 Å². The number of nitrogens with zero attached hydrogens (tertiary/aromatic N) is 1. The number of hydrogen-bond acceptors (Lipinski definition) is 2. The number of anilines is 1. The van der Waals surface area contributed by atoms with Gasteiger partial charge in [0.2, 0.25) is 0 Å². The zero-order valence-electron chi connectivity index (χ0n) is 9.64. The van der Waals surface area contributed by atoms with Gasteiger partial charge in [0.05, 0.1) is 0 Å². The van der Waals surface area contributed by atoms with Crippen LogP contribution in [0.2, 0.25) is 0 Å². The Morgan fingerprint density at radius 2 is 1.69 bits per heavy atom. The van der Waals surface area contributed by atoms with Gasteiger partial charge in [0.25, 0.3) is 0 Å². The highest BCUT2D eigenvalue weighted by atomic mass is 15.0. The van der Waals surface area contributed by atoms with Crippen LogP contribution < -0.4 is 5.32 Å². The van der Waals surface area contributed by atoms with Gasteiger partial charge < -0.3 is 5.32 Å². The van der Waals surface area contributed by atoms with E-state index in [-0.39, 0.29) is 0 Å². The van der Waals surface area contributed by atoms with Crippen LogP contribution in [0.1, 0.15) is 13.8 Å². The summed E-state index contributed by atoms with van der Waals surface area (Å²) >= 11 is 0. The molecule has 1 aromatic heterocycles. The molecular formula is C14H16N2. The highest BCUT2D eigenvalue weighted by Gasteiger charge is 1.99. The second-order valence-electron chi connectivity index (χ2n) is 4.10. The minimum absolute atomic E-state index is 0.412. The van der Waals surface area contributed by atoms with Crippen molar-refractivity contribution in [2.75, 3.05) is 5.32 Å². The second-order valence-corrected chi connectivity index (χ2v) is 4.10. The molecule has 2 aromatic rings. The molecule has 2 heteroatoms. The molecule has 0 radical (unpaired) electrons. The highest BCUT2D eigenvalue weighted by molar-refractivity contribution is 5.63. The summed E-state index contributed by atoms with van der Waals surface area (Å²) in [5.74, 6) is 0.926. The third kappa shape index (κ3) is 2.60.